The molecule has 0 saturated carbocycles. The van der Waals surface area contributed by atoms with Gasteiger partial charge in [-0.3, -0.25) is 9.89 Å². The van der Waals surface area contributed by atoms with Crippen LogP contribution in [0.1, 0.15) is 5.69 Å². The van der Waals surface area contributed by atoms with E-state index in [1.807, 2.05) is 60.7 Å². The van der Waals surface area contributed by atoms with Crippen molar-refractivity contribution in [3.05, 3.63) is 101 Å². The van der Waals surface area contributed by atoms with Crippen LogP contribution in [0.4, 0.5) is 4.39 Å². The summed E-state index contributed by atoms with van der Waals surface area (Å²) in [5, 5.41) is 3.25. The van der Waals surface area contributed by atoms with E-state index in [0.717, 1.165) is 22.4 Å². The first kappa shape index (κ1) is 19.8. The molecule has 0 spiro atoms. The molecule has 0 aliphatic rings. The summed E-state index contributed by atoms with van der Waals surface area (Å²) in [6.45, 7) is 1.77. The van der Waals surface area contributed by atoms with Gasteiger partial charge in [0.2, 0.25) is 0 Å². The quantitative estimate of drug-likeness (QED) is 0.415. The molecule has 1 N–H and O–H groups in total. The Kier molecular flexibility index (Phi) is 4.82. The van der Waals surface area contributed by atoms with Gasteiger partial charge in [0, 0.05) is 5.56 Å². The molecule has 0 saturated heterocycles. The van der Waals surface area contributed by atoms with Crippen molar-refractivity contribution in [2.45, 2.75) is 6.92 Å². The fourth-order valence-corrected chi connectivity index (χ4v) is 4.02. The van der Waals surface area contributed by atoms with Gasteiger partial charge in [-0.15, -0.1) is 0 Å². The smallest absolute Gasteiger partial charge is 0.280 e. The van der Waals surface area contributed by atoms with Crippen molar-refractivity contribution in [2.24, 2.45) is 0 Å². The second-order valence-corrected chi connectivity index (χ2v) is 7.48. The molecule has 3 aromatic carbocycles. The Labute approximate surface area is 183 Å². The van der Waals surface area contributed by atoms with E-state index >= 15 is 0 Å². The number of hydrogen-bond donors (Lipinski definition) is 1. The summed E-state index contributed by atoms with van der Waals surface area (Å²) in [7, 11) is 1.40. The maximum atomic E-state index is 14.4. The maximum absolute atomic E-state index is 14.4. The van der Waals surface area contributed by atoms with Gasteiger partial charge in [0.15, 0.2) is 17.2 Å². The molecule has 158 valence electrons. The summed E-state index contributed by atoms with van der Waals surface area (Å²) in [4.78, 5) is 18.4. The van der Waals surface area contributed by atoms with Crippen molar-refractivity contribution in [1.29, 1.82) is 0 Å². The normalized spacial score (nSPS) is 11.1. The van der Waals surface area contributed by atoms with Gasteiger partial charge in [-0.05, 0) is 30.2 Å². The number of halogens is 1. The highest BCUT2D eigenvalue weighted by molar-refractivity contribution is 5.91. The molecular formula is C26H20FN3O2. The first-order chi connectivity index (χ1) is 15.6. The molecule has 0 bridgehead atoms. The van der Waals surface area contributed by atoms with E-state index in [1.54, 1.807) is 13.0 Å². The van der Waals surface area contributed by atoms with Gasteiger partial charge < -0.3 is 4.74 Å². The molecular weight excluding hydrogens is 405 g/mol. The number of H-pyrrole nitrogens is 1. The van der Waals surface area contributed by atoms with Crippen LogP contribution >= 0.6 is 0 Å². The minimum Gasteiger partial charge on any atom is -0.494 e. The van der Waals surface area contributed by atoms with Crippen molar-refractivity contribution in [2.75, 3.05) is 7.11 Å². The SMILES string of the molecule is COc1ccc(-c2c(C)nc3c(-c4ccccc4)c(-c4ccccc4)[nH]n3c2=O)cc1F. The second-order valence-electron chi connectivity index (χ2n) is 7.48. The molecule has 2 heterocycles. The average molecular weight is 425 g/mol. The zero-order valence-electron chi connectivity index (χ0n) is 17.6. The van der Waals surface area contributed by atoms with Crippen LogP contribution in [0.5, 0.6) is 5.75 Å². The number of aromatic amines is 1. The van der Waals surface area contributed by atoms with E-state index in [4.69, 9.17) is 9.72 Å². The minimum atomic E-state index is -0.532. The van der Waals surface area contributed by atoms with E-state index in [0.29, 0.717) is 22.5 Å². The number of benzene rings is 3. The predicted octanol–water partition coefficient (Wildman–Crippen LogP) is 5.48. The zero-order chi connectivity index (χ0) is 22.2. The maximum Gasteiger partial charge on any atom is 0.280 e. The molecule has 0 aliphatic heterocycles. The van der Waals surface area contributed by atoms with Gasteiger partial charge in [0.25, 0.3) is 5.56 Å². The van der Waals surface area contributed by atoms with E-state index in [9.17, 15) is 9.18 Å². The number of methoxy groups -OCH3 is 1. The van der Waals surface area contributed by atoms with Crippen molar-refractivity contribution in [1.82, 2.24) is 14.6 Å². The predicted molar refractivity (Wildman–Crippen MR) is 123 cm³/mol. The van der Waals surface area contributed by atoms with Crippen LogP contribution in [-0.4, -0.2) is 21.7 Å². The third kappa shape index (κ3) is 3.17. The Morgan fingerprint density at radius 3 is 2.16 bits per heavy atom. The van der Waals surface area contributed by atoms with E-state index in [1.165, 1.54) is 23.8 Å². The Balaban J connectivity index is 1.83. The van der Waals surface area contributed by atoms with Gasteiger partial charge in [-0.2, -0.15) is 4.52 Å². The zero-order valence-corrected chi connectivity index (χ0v) is 17.6. The Bertz CT molecular complexity index is 1490. The highest BCUT2D eigenvalue weighted by Crippen LogP contribution is 2.35. The van der Waals surface area contributed by atoms with Crippen LogP contribution in [0.2, 0.25) is 0 Å². The van der Waals surface area contributed by atoms with Gasteiger partial charge in [-0.1, -0.05) is 66.7 Å². The average Bonchev–Trinajstić information content (AvgIpc) is 3.20. The molecule has 6 heteroatoms. The second kappa shape index (κ2) is 7.81. The van der Waals surface area contributed by atoms with Crippen LogP contribution < -0.4 is 10.3 Å². The molecule has 5 rings (SSSR count). The molecule has 0 amide bonds. The van der Waals surface area contributed by atoms with Gasteiger partial charge in [-0.25, -0.2) is 9.37 Å². The summed E-state index contributed by atoms with van der Waals surface area (Å²) in [6.07, 6.45) is 0. The number of fused-ring (bicyclic) bond motifs is 1. The number of ether oxygens (including phenoxy) is 1. The van der Waals surface area contributed by atoms with Gasteiger partial charge in [0.1, 0.15) is 0 Å². The number of aryl methyl sites for hydroxylation is 1. The van der Waals surface area contributed by atoms with Gasteiger partial charge >= 0.3 is 0 Å². The standard InChI is InChI=1S/C26H20FN3O2/c1-16-22(19-13-14-21(32-2)20(27)15-19)26(31)30-25(28-16)23(17-9-5-3-6-10-17)24(29-30)18-11-7-4-8-12-18/h3-15,29H,1-2H3. The Morgan fingerprint density at radius 1 is 0.875 bits per heavy atom. The van der Waals surface area contributed by atoms with Crippen LogP contribution in [0.3, 0.4) is 0 Å². The lowest BCUT2D eigenvalue weighted by molar-refractivity contribution is 0.386. The van der Waals surface area contributed by atoms with Crippen LogP contribution in [0, 0.1) is 12.7 Å². The summed E-state index contributed by atoms with van der Waals surface area (Å²) in [5.41, 5.74) is 5.05. The molecule has 5 nitrogen and oxygen atoms in total. The van der Waals surface area contributed by atoms with E-state index in [2.05, 4.69) is 5.10 Å². The first-order valence-electron chi connectivity index (χ1n) is 10.2. The highest BCUT2D eigenvalue weighted by Gasteiger charge is 2.21. The number of aromatic nitrogens is 3. The number of nitrogens with one attached hydrogen (secondary N) is 1. The molecule has 0 aliphatic carbocycles. The molecule has 0 radical (unpaired) electrons. The van der Waals surface area contributed by atoms with Crippen molar-refractivity contribution in [3.63, 3.8) is 0 Å². The number of hydrogen-bond acceptors (Lipinski definition) is 3. The van der Waals surface area contributed by atoms with E-state index < -0.39 is 5.82 Å². The van der Waals surface area contributed by atoms with Crippen LogP contribution in [0.15, 0.2) is 83.7 Å². The Hall–Kier alpha value is -4.19. The minimum absolute atomic E-state index is 0.123. The highest BCUT2D eigenvalue weighted by atomic mass is 19.1. The number of rotatable bonds is 4. The van der Waals surface area contributed by atoms with Crippen molar-refractivity contribution < 1.29 is 9.13 Å². The topological polar surface area (TPSA) is 59.4 Å². The fraction of sp³-hybridized carbons (Fsp3) is 0.0769. The summed E-state index contributed by atoms with van der Waals surface area (Å²) < 4.78 is 20.8. The summed E-state index contributed by atoms with van der Waals surface area (Å²) in [6, 6.07) is 24.1. The monoisotopic (exact) mass is 425 g/mol. The summed E-state index contributed by atoms with van der Waals surface area (Å²) in [5.74, 6) is -0.409. The molecule has 32 heavy (non-hydrogen) atoms. The van der Waals surface area contributed by atoms with Crippen molar-refractivity contribution >= 4 is 5.65 Å². The van der Waals surface area contributed by atoms with Crippen molar-refractivity contribution in [3.8, 4) is 39.3 Å². The molecule has 5 aromatic rings. The lowest BCUT2D eigenvalue weighted by Gasteiger charge is -2.08. The largest absolute Gasteiger partial charge is 0.494 e. The Morgan fingerprint density at radius 2 is 1.53 bits per heavy atom. The molecule has 0 atom stereocenters. The summed E-state index contributed by atoms with van der Waals surface area (Å²) >= 11 is 0. The lowest BCUT2D eigenvalue weighted by atomic mass is 10.0. The first-order valence-corrected chi connectivity index (χ1v) is 10.2. The molecule has 0 fully saturated rings. The third-order valence-electron chi connectivity index (χ3n) is 5.53. The van der Waals surface area contributed by atoms with Crippen LogP contribution in [0.25, 0.3) is 39.2 Å². The fourth-order valence-electron chi connectivity index (χ4n) is 4.02. The molecule has 0 unspecified atom stereocenters. The third-order valence-corrected chi connectivity index (χ3v) is 5.53. The van der Waals surface area contributed by atoms with Gasteiger partial charge in [0.05, 0.1) is 29.6 Å². The van der Waals surface area contributed by atoms with E-state index in [-0.39, 0.29) is 11.3 Å². The number of nitrogens with zero attached hydrogens (tertiary/aromatic N) is 2. The van der Waals surface area contributed by atoms with Crippen LogP contribution in [-0.2, 0) is 0 Å². The molecule has 2 aromatic heterocycles. The lowest BCUT2D eigenvalue weighted by Crippen LogP contribution is -2.19.